The van der Waals surface area contributed by atoms with Crippen LogP contribution >= 0.6 is 0 Å². The first-order chi connectivity index (χ1) is 15.4. The summed E-state index contributed by atoms with van der Waals surface area (Å²) in [4.78, 5) is 28.5. The van der Waals surface area contributed by atoms with E-state index in [9.17, 15) is 18.0 Å². The van der Waals surface area contributed by atoms with Gasteiger partial charge in [-0.3, -0.25) is 9.59 Å². The summed E-state index contributed by atoms with van der Waals surface area (Å²) >= 11 is 0. The Balaban J connectivity index is 1.88. The molecule has 1 fully saturated rings. The van der Waals surface area contributed by atoms with Gasteiger partial charge >= 0.3 is 5.97 Å². The second kappa shape index (κ2) is 11.0. The molecule has 0 saturated carbocycles. The molecule has 0 spiro atoms. The van der Waals surface area contributed by atoms with Crippen LogP contribution < -0.4 is 4.74 Å². The van der Waals surface area contributed by atoms with Crippen molar-refractivity contribution in [3.8, 4) is 5.75 Å². The van der Waals surface area contributed by atoms with E-state index in [1.807, 2.05) is 32.0 Å². The number of nitrogens with zero attached hydrogens (tertiary/aromatic N) is 2. The Bertz CT molecular complexity index is 1030. The topological polar surface area (TPSA) is 93.2 Å². The Morgan fingerprint density at radius 1 is 1.09 bits per heavy atom. The molecule has 2 aliphatic rings. The van der Waals surface area contributed by atoms with E-state index < -0.39 is 28.8 Å². The number of esters is 1. The van der Waals surface area contributed by atoms with Gasteiger partial charge in [0.15, 0.2) is 12.4 Å². The summed E-state index contributed by atoms with van der Waals surface area (Å²) in [6, 6.07) is 9.04. The molecule has 32 heavy (non-hydrogen) atoms. The molecule has 9 heteroatoms. The summed E-state index contributed by atoms with van der Waals surface area (Å²) in [5, 5.41) is 0. The van der Waals surface area contributed by atoms with E-state index in [-0.39, 0.29) is 10.8 Å². The molecule has 8 nitrogen and oxygen atoms in total. The van der Waals surface area contributed by atoms with Crippen molar-refractivity contribution in [1.29, 1.82) is 0 Å². The number of ether oxygens (including phenoxy) is 2. The van der Waals surface area contributed by atoms with Crippen molar-refractivity contribution in [3.05, 3.63) is 53.9 Å². The summed E-state index contributed by atoms with van der Waals surface area (Å²) in [5.74, 6) is -1.32. The van der Waals surface area contributed by atoms with Gasteiger partial charge < -0.3 is 19.3 Å². The fourth-order valence-electron chi connectivity index (χ4n) is 3.76. The highest BCUT2D eigenvalue weighted by molar-refractivity contribution is 7.73. The van der Waals surface area contributed by atoms with Crippen LogP contribution in [0.3, 0.4) is 0 Å². The van der Waals surface area contributed by atoms with Crippen molar-refractivity contribution in [1.82, 2.24) is 9.80 Å². The van der Waals surface area contributed by atoms with E-state index >= 15 is 0 Å². The normalized spacial score (nSPS) is 18.0. The predicted octanol–water partition coefficient (Wildman–Crippen LogP) is 2.02. The van der Waals surface area contributed by atoms with E-state index in [1.165, 1.54) is 6.08 Å². The molecule has 1 amide bonds. The standard InChI is InChI=1S/C23H28N2O6S/c1-3-24(4-2)22(26)16-30-23(27)18-14-19(25-12-8-9-13-25)20(15-21(18)32(28)29)31-17-10-6-5-7-11-17/h5-7,10-11,14-15,18H,3-4,8-9,12-13,16H2,1-2H3. The van der Waals surface area contributed by atoms with E-state index in [0.717, 1.165) is 25.9 Å². The minimum absolute atomic E-state index is 0.154. The van der Waals surface area contributed by atoms with Crippen LogP contribution in [0.25, 0.3) is 0 Å². The molecular formula is C23H28N2O6S. The quantitative estimate of drug-likeness (QED) is 0.433. The van der Waals surface area contributed by atoms with Gasteiger partial charge in [0.25, 0.3) is 5.91 Å². The molecule has 1 heterocycles. The van der Waals surface area contributed by atoms with Crippen LogP contribution in [0.15, 0.2) is 53.9 Å². The fraction of sp³-hybridized carbons (Fsp3) is 0.435. The molecule has 3 rings (SSSR count). The van der Waals surface area contributed by atoms with E-state index in [2.05, 4.69) is 4.90 Å². The van der Waals surface area contributed by atoms with Crippen LogP contribution in [-0.2, 0) is 24.6 Å². The van der Waals surface area contributed by atoms with Gasteiger partial charge in [0.05, 0.1) is 10.6 Å². The third kappa shape index (κ3) is 5.59. The first-order valence-corrected chi connectivity index (χ1v) is 11.8. The maximum Gasteiger partial charge on any atom is 0.318 e. The van der Waals surface area contributed by atoms with Crippen LogP contribution in [0.2, 0.25) is 0 Å². The summed E-state index contributed by atoms with van der Waals surface area (Å²) < 4.78 is 35.1. The third-order valence-electron chi connectivity index (χ3n) is 5.48. The smallest absolute Gasteiger partial charge is 0.318 e. The largest absolute Gasteiger partial charge is 0.455 e. The number of benzene rings is 1. The van der Waals surface area contributed by atoms with Gasteiger partial charge in [0, 0.05) is 32.3 Å². The second-order valence-corrected chi connectivity index (χ2v) is 8.40. The zero-order valence-corrected chi connectivity index (χ0v) is 19.1. The van der Waals surface area contributed by atoms with Crippen molar-refractivity contribution >= 4 is 27.0 Å². The SMILES string of the molecule is CCN(CC)C(=O)COC(=O)C1C=C(N2CCCC2)C(Oc2ccccc2)=CC1=S(=O)=O. The Kier molecular flexibility index (Phi) is 8.10. The van der Waals surface area contributed by atoms with Crippen molar-refractivity contribution in [2.75, 3.05) is 32.8 Å². The molecule has 1 saturated heterocycles. The highest BCUT2D eigenvalue weighted by atomic mass is 32.2. The van der Waals surface area contributed by atoms with Crippen LogP contribution in [-0.4, -0.2) is 67.7 Å². The van der Waals surface area contributed by atoms with Gasteiger partial charge in [0.2, 0.25) is 10.3 Å². The van der Waals surface area contributed by atoms with E-state index in [4.69, 9.17) is 9.47 Å². The molecule has 1 aromatic rings. The maximum atomic E-state index is 12.8. The second-order valence-electron chi connectivity index (χ2n) is 7.46. The molecule has 1 unspecified atom stereocenters. The van der Waals surface area contributed by atoms with Crippen molar-refractivity contribution in [3.63, 3.8) is 0 Å². The molecular weight excluding hydrogens is 432 g/mol. The Hall–Kier alpha value is -3.07. The van der Waals surface area contributed by atoms with Crippen molar-refractivity contribution in [2.45, 2.75) is 26.7 Å². The van der Waals surface area contributed by atoms with Crippen LogP contribution in [0.4, 0.5) is 0 Å². The summed E-state index contributed by atoms with van der Waals surface area (Å²) in [7, 11) is -2.67. The van der Waals surface area contributed by atoms with Crippen molar-refractivity contribution in [2.24, 2.45) is 5.92 Å². The number of allylic oxidation sites excluding steroid dienone is 1. The molecule has 1 atom stereocenters. The number of para-hydroxylation sites is 1. The molecule has 0 N–H and O–H groups in total. The third-order valence-corrected chi connectivity index (χ3v) is 6.23. The highest BCUT2D eigenvalue weighted by Gasteiger charge is 2.33. The molecule has 1 aromatic carbocycles. The number of likely N-dealkylation sites (N-methyl/N-ethyl adjacent to an activating group) is 1. The first-order valence-electron chi connectivity index (χ1n) is 10.8. The number of carbonyl (C=O) groups is 2. The Labute approximate surface area is 189 Å². The minimum Gasteiger partial charge on any atom is -0.455 e. The monoisotopic (exact) mass is 460 g/mol. The lowest BCUT2D eigenvalue weighted by molar-refractivity contribution is -0.152. The van der Waals surface area contributed by atoms with E-state index in [1.54, 1.807) is 23.1 Å². The molecule has 1 aliphatic heterocycles. The lowest BCUT2D eigenvalue weighted by Gasteiger charge is -2.28. The average molecular weight is 461 g/mol. The number of hydrogen-bond donors (Lipinski definition) is 0. The minimum atomic E-state index is -2.67. The van der Waals surface area contributed by atoms with E-state index in [0.29, 0.717) is 30.3 Å². The number of rotatable bonds is 8. The lowest BCUT2D eigenvalue weighted by atomic mass is 9.97. The lowest BCUT2D eigenvalue weighted by Crippen LogP contribution is -2.37. The van der Waals surface area contributed by atoms with Gasteiger partial charge in [0.1, 0.15) is 11.7 Å². The van der Waals surface area contributed by atoms with Gasteiger partial charge in [-0.05, 0) is 44.9 Å². The predicted molar refractivity (Wildman–Crippen MR) is 120 cm³/mol. The number of amides is 1. The number of hydrogen-bond acceptors (Lipinski definition) is 7. The van der Waals surface area contributed by atoms with Gasteiger partial charge in [-0.15, -0.1) is 0 Å². The molecule has 0 bridgehead atoms. The van der Waals surface area contributed by atoms with Gasteiger partial charge in [-0.25, -0.2) is 0 Å². The maximum absolute atomic E-state index is 12.8. The summed E-state index contributed by atoms with van der Waals surface area (Å²) in [6.07, 6.45) is 4.93. The Morgan fingerprint density at radius 3 is 2.34 bits per heavy atom. The number of likely N-dealkylation sites (tertiary alicyclic amines) is 1. The first kappa shape index (κ1) is 23.6. The average Bonchev–Trinajstić information content (AvgIpc) is 3.33. The summed E-state index contributed by atoms with van der Waals surface area (Å²) in [5.41, 5.74) is 0.651. The number of carbonyl (C=O) groups excluding carboxylic acids is 2. The van der Waals surface area contributed by atoms with Crippen LogP contribution in [0.1, 0.15) is 26.7 Å². The molecule has 1 aliphatic carbocycles. The molecule has 0 aromatic heterocycles. The van der Waals surface area contributed by atoms with Crippen LogP contribution in [0.5, 0.6) is 5.75 Å². The fourth-order valence-corrected chi connectivity index (χ4v) is 4.33. The molecule has 172 valence electrons. The highest BCUT2D eigenvalue weighted by Crippen LogP contribution is 2.30. The van der Waals surface area contributed by atoms with Gasteiger partial charge in [-0.1, -0.05) is 18.2 Å². The van der Waals surface area contributed by atoms with Gasteiger partial charge in [-0.2, -0.15) is 8.42 Å². The van der Waals surface area contributed by atoms with Crippen molar-refractivity contribution < 1.29 is 27.5 Å². The van der Waals surface area contributed by atoms with Crippen LogP contribution in [0, 0.1) is 5.92 Å². The molecule has 0 radical (unpaired) electrons. The summed E-state index contributed by atoms with van der Waals surface area (Å²) in [6.45, 7) is 5.79. The zero-order valence-electron chi connectivity index (χ0n) is 18.3. The zero-order chi connectivity index (χ0) is 23.1. The Morgan fingerprint density at radius 2 is 1.75 bits per heavy atom.